The summed E-state index contributed by atoms with van der Waals surface area (Å²) in [6, 6.07) is 0. The van der Waals surface area contributed by atoms with Gasteiger partial charge in [0.05, 0.1) is 0 Å². The Labute approximate surface area is 61.2 Å². The minimum absolute atomic E-state index is 0.914. The van der Waals surface area contributed by atoms with E-state index in [0.717, 1.165) is 6.08 Å². The van der Waals surface area contributed by atoms with Crippen LogP contribution in [0, 0.1) is 0 Å². The number of allylic oxidation sites excluding steroid dienone is 3. The summed E-state index contributed by atoms with van der Waals surface area (Å²) in [6.45, 7) is 7.83. The quantitative estimate of drug-likeness (QED) is 0.362. The smallest absolute Gasteiger partial charge is 0.328 e. The lowest BCUT2D eigenvalue weighted by atomic mass is 10.4. The van der Waals surface area contributed by atoms with Crippen molar-refractivity contribution in [3.05, 3.63) is 37.5 Å². The van der Waals surface area contributed by atoms with Crippen LogP contribution in [0.15, 0.2) is 37.5 Å². The van der Waals surface area contributed by atoms with Gasteiger partial charge in [0, 0.05) is 6.08 Å². The first kappa shape index (κ1) is 11.5. The van der Waals surface area contributed by atoms with E-state index in [1.54, 1.807) is 12.2 Å². The number of hydrogen-bond acceptors (Lipinski definition) is 1. The fraction of sp³-hybridized carbons (Fsp3) is 0.125. The number of carboxylic acid groups (broad SMARTS) is 1. The molecule has 0 atom stereocenters. The zero-order valence-electron chi connectivity index (χ0n) is 6.08. The van der Waals surface area contributed by atoms with Crippen molar-refractivity contribution in [1.82, 2.24) is 0 Å². The van der Waals surface area contributed by atoms with E-state index in [4.69, 9.17) is 5.11 Å². The lowest BCUT2D eigenvalue weighted by Gasteiger charge is -1.72. The van der Waals surface area contributed by atoms with Crippen LogP contribution < -0.4 is 0 Å². The highest BCUT2D eigenvalue weighted by molar-refractivity contribution is 5.80. The van der Waals surface area contributed by atoms with Crippen molar-refractivity contribution in [2.75, 3.05) is 0 Å². The molecule has 0 aromatic heterocycles. The molecule has 0 saturated carbocycles. The molecule has 0 aromatic carbocycles. The SMILES string of the molecule is C=C.CC=CC=CC(=O)O. The summed E-state index contributed by atoms with van der Waals surface area (Å²) in [5.41, 5.74) is 0. The van der Waals surface area contributed by atoms with Crippen LogP contribution in [0.2, 0.25) is 0 Å². The average Bonchev–Trinajstić information content (AvgIpc) is 1.92. The third-order valence-corrected chi connectivity index (χ3v) is 0.542. The van der Waals surface area contributed by atoms with Gasteiger partial charge in [-0.05, 0) is 6.92 Å². The third kappa shape index (κ3) is 15.9. The molecule has 0 radical (unpaired) electrons. The molecule has 1 N–H and O–H groups in total. The third-order valence-electron chi connectivity index (χ3n) is 0.542. The first-order chi connectivity index (χ1) is 4.77. The summed E-state index contributed by atoms with van der Waals surface area (Å²) in [6.07, 6.45) is 5.98. The molecular weight excluding hydrogens is 128 g/mol. The second kappa shape index (κ2) is 10.6. The number of carboxylic acids is 1. The second-order valence-corrected chi connectivity index (χ2v) is 1.22. The number of carbonyl (C=O) groups is 1. The van der Waals surface area contributed by atoms with E-state index in [-0.39, 0.29) is 0 Å². The van der Waals surface area contributed by atoms with E-state index >= 15 is 0 Å². The van der Waals surface area contributed by atoms with E-state index in [1.807, 2.05) is 6.92 Å². The minimum Gasteiger partial charge on any atom is -0.478 e. The molecular formula is C8H12O2. The molecule has 0 aliphatic rings. The van der Waals surface area contributed by atoms with Crippen molar-refractivity contribution in [3.63, 3.8) is 0 Å². The van der Waals surface area contributed by atoms with Crippen molar-refractivity contribution in [2.24, 2.45) is 0 Å². The van der Waals surface area contributed by atoms with Gasteiger partial charge >= 0.3 is 5.97 Å². The molecule has 0 fully saturated rings. The zero-order valence-corrected chi connectivity index (χ0v) is 6.08. The number of rotatable bonds is 2. The van der Waals surface area contributed by atoms with Gasteiger partial charge in [0.1, 0.15) is 0 Å². The topological polar surface area (TPSA) is 37.3 Å². The molecule has 0 heterocycles. The van der Waals surface area contributed by atoms with Crippen LogP contribution in [0.1, 0.15) is 6.92 Å². The fourth-order valence-electron chi connectivity index (χ4n) is 0.249. The normalized spacial score (nSPS) is 9.30. The maximum Gasteiger partial charge on any atom is 0.328 e. The standard InChI is InChI=1S/C6H8O2.C2H4/c1-2-3-4-5-6(7)8;1-2/h2-5H,1H3,(H,7,8);1-2H2. The molecule has 0 unspecified atom stereocenters. The van der Waals surface area contributed by atoms with Crippen molar-refractivity contribution in [1.29, 1.82) is 0 Å². The summed E-state index contributed by atoms with van der Waals surface area (Å²) in [4.78, 5) is 9.75. The van der Waals surface area contributed by atoms with Gasteiger partial charge < -0.3 is 5.11 Å². The van der Waals surface area contributed by atoms with E-state index in [2.05, 4.69) is 13.2 Å². The summed E-state index contributed by atoms with van der Waals surface area (Å²) in [5.74, 6) is -0.914. The molecule has 10 heavy (non-hydrogen) atoms. The van der Waals surface area contributed by atoms with Gasteiger partial charge in [0.2, 0.25) is 0 Å². The van der Waals surface area contributed by atoms with E-state index in [0.29, 0.717) is 0 Å². The predicted molar refractivity (Wildman–Crippen MR) is 42.8 cm³/mol. The first-order valence-corrected chi connectivity index (χ1v) is 2.79. The fourth-order valence-corrected chi connectivity index (χ4v) is 0.249. The molecule has 0 amide bonds. The second-order valence-electron chi connectivity index (χ2n) is 1.22. The van der Waals surface area contributed by atoms with Crippen LogP contribution in [0.25, 0.3) is 0 Å². The monoisotopic (exact) mass is 140 g/mol. The van der Waals surface area contributed by atoms with Crippen LogP contribution in [-0.4, -0.2) is 11.1 Å². The minimum atomic E-state index is -0.914. The highest BCUT2D eigenvalue weighted by Gasteiger charge is 1.78. The van der Waals surface area contributed by atoms with Crippen LogP contribution in [0.3, 0.4) is 0 Å². The molecule has 2 heteroatoms. The van der Waals surface area contributed by atoms with Crippen LogP contribution in [0.4, 0.5) is 0 Å². The van der Waals surface area contributed by atoms with Gasteiger partial charge in [-0.1, -0.05) is 18.2 Å². The lowest BCUT2D eigenvalue weighted by Crippen LogP contribution is -1.83. The Morgan fingerprint density at radius 3 is 2.20 bits per heavy atom. The maximum absolute atomic E-state index is 9.75. The average molecular weight is 140 g/mol. The van der Waals surface area contributed by atoms with Crippen molar-refractivity contribution in [2.45, 2.75) is 6.92 Å². The molecule has 0 aliphatic carbocycles. The molecule has 0 aliphatic heterocycles. The largest absolute Gasteiger partial charge is 0.478 e. The maximum atomic E-state index is 9.75. The molecule has 0 aromatic rings. The van der Waals surface area contributed by atoms with E-state index < -0.39 is 5.97 Å². The summed E-state index contributed by atoms with van der Waals surface area (Å²) >= 11 is 0. The van der Waals surface area contributed by atoms with Gasteiger partial charge in [-0.25, -0.2) is 4.79 Å². The molecule has 0 saturated heterocycles. The first-order valence-electron chi connectivity index (χ1n) is 2.79. The molecule has 0 bridgehead atoms. The summed E-state index contributed by atoms with van der Waals surface area (Å²) in [5, 5.41) is 8.02. The van der Waals surface area contributed by atoms with Crippen LogP contribution in [-0.2, 0) is 4.79 Å². The molecule has 0 rings (SSSR count). The highest BCUT2D eigenvalue weighted by atomic mass is 16.4. The summed E-state index contributed by atoms with van der Waals surface area (Å²) < 4.78 is 0. The Balaban J connectivity index is 0. The van der Waals surface area contributed by atoms with Crippen LogP contribution in [0.5, 0.6) is 0 Å². The zero-order chi connectivity index (χ0) is 8.41. The predicted octanol–water partition coefficient (Wildman–Crippen LogP) is 2.01. The van der Waals surface area contributed by atoms with Gasteiger partial charge in [0.15, 0.2) is 0 Å². The Morgan fingerprint density at radius 1 is 1.40 bits per heavy atom. The van der Waals surface area contributed by atoms with Crippen LogP contribution >= 0.6 is 0 Å². The number of hydrogen-bond donors (Lipinski definition) is 1. The van der Waals surface area contributed by atoms with Gasteiger partial charge in [-0.15, -0.1) is 13.2 Å². The Morgan fingerprint density at radius 2 is 1.90 bits per heavy atom. The lowest BCUT2D eigenvalue weighted by molar-refractivity contribution is -0.131. The Hall–Kier alpha value is -1.31. The van der Waals surface area contributed by atoms with Gasteiger partial charge in [-0.3, -0.25) is 0 Å². The summed E-state index contributed by atoms with van der Waals surface area (Å²) in [7, 11) is 0. The molecule has 56 valence electrons. The van der Waals surface area contributed by atoms with Crippen molar-refractivity contribution in [3.8, 4) is 0 Å². The van der Waals surface area contributed by atoms with Crippen molar-refractivity contribution >= 4 is 5.97 Å². The Kier molecular flexibility index (Phi) is 12.2. The van der Waals surface area contributed by atoms with E-state index in [1.165, 1.54) is 6.08 Å². The van der Waals surface area contributed by atoms with E-state index in [9.17, 15) is 4.79 Å². The van der Waals surface area contributed by atoms with Crippen molar-refractivity contribution < 1.29 is 9.90 Å². The van der Waals surface area contributed by atoms with Gasteiger partial charge in [-0.2, -0.15) is 0 Å². The Bertz CT molecular complexity index is 134. The molecule has 0 spiro atoms. The number of aliphatic carboxylic acids is 1. The van der Waals surface area contributed by atoms with Gasteiger partial charge in [0.25, 0.3) is 0 Å². The highest BCUT2D eigenvalue weighted by Crippen LogP contribution is 1.74. The molecule has 2 nitrogen and oxygen atoms in total.